The standard InChI is InChI=1S/C23H28ClN3O/c1-15(2)27-21-11-6-17(12-20(21)16(3)13-23(27,4)5)14-25-26-22(28)18-7-9-19(24)10-8-18/h6-12,14-16H,13H2,1-5H3,(H,26,28)/b25-14-/t16-/m0/s1. The maximum Gasteiger partial charge on any atom is 0.271 e. The van der Waals surface area contributed by atoms with E-state index in [0.29, 0.717) is 22.5 Å². The third kappa shape index (κ3) is 4.22. The van der Waals surface area contributed by atoms with Crippen molar-refractivity contribution < 1.29 is 4.79 Å². The molecule has 1 aliphatic rings. The molecule has 148 valence electrons. The van der Waals surface area contributed by atoms with Crippen LogP contribution in [0.25, 0.3) is 0 Å². The number of benzene rings is 2. The van der Waals surface area contributed by atoms with Crippen LogP contribution in [0.1, 0.15) is 68.4 Å². The molecule has 1 heterocycles. The molecule has 28 heavy (non-hydrogen) atoms. The van der Waals surface area contributed by atoms with Crippen LogP contribution in [0, 0.1) is 0 Å². The summed E-state index contributed by atoms with van der Waals surface area (Å²) < 4.78 is 0. The Hall–Kier alpha value is -2.33. The molecule has 2 aromatic rings. The lowest BCUT2D eigenvalue weighted by molar-refractivity contribution is 0.0955. The van der Waals surface area contributed by atoms with Crippen LogP contribution in [0.15, 0.2) is 47.6 Å². The molecule has 0 fully saturated rings. The summed E-state index contributed by atoms with van der Waals surface area (Å²) in [4.78, 5) is 14.7. The summed E-state index contributed by atoms with van der Waals surface area (Å²) in [6.45, 7) is 11.4. The summed E-state index contributed by atoms with van der Waals surface area (Å²) in [5.41, 5.74) is 6.83. The second-order valence-electron chi connectivity index (χ2n) is 8.41. The number of nitrogens with one attached hydrogen (secondary N) is 1. The molecule has 5 heteroatoms. The van der Waals surface area contributed by atoms with Crippen LogP contribution in [0.5, 0.6) is 0 Å². The second kappa shape index (κ2) is 7.96. The second-order valence-corrected chi connectivity index (χ2v) is 8.84. The highest BCUT2D eigenvalue weighted by Gasteiger charge is 2.37. The molecule has 0 unspecified atom stereocenters. The van der Waals surface area contributed by atoms with E-state index in [1.807, 2.05) is 0 Å². The van der Waals surface area contributed by atoms with Gasteiger partial charge in [0, 0.05) is 27.9 Å². The molecule has 0 radical (unpaired) electrons. The number of nitrogens with zero attached hydrogens (tertiary/aromatic N) is 2. The molecule has 1 amide bonds. The Morgan fingerprint density at radius 2 is 1.93 bits per heavy atom. The van der Waals surface area contributed by atoms with Crippen LogP contribution in [0.3, 0.4) is 0 Å². The van der Waals surface area contributed by atoms with E-state index in [-0.39, 0.29) is 11.4 Å². The van der Waals surface area contributed by atoms with Crippen LogP contribution < -0.4 is 10.3 Å². The van der Waals surface area contributed by atoms with Crippen molar-refractivity contribution in [1.82, 2.24) is 5.43 Å². The molecule has 0 aliphatic carbocycles. The van der Waals surface area contributed by atoms with Crippen molar-refractivity contribution >= 4 is 29.4 Å². The van der Waals surface area contributed by atoms with Gasteiger partial charge in [0.05, 0.1) is 6.21 Å². The van der Waals surface area contributed by atoms with E-state index in [2.05, 4.69) is 68.2 Å². The van der Waals surface area contributed by atoms with E-state index in [4.69, 9.17) is 11.6 Å². The van der Waals surface area contributed by atoms with E-state index < -0.39 is 0 Å². The van der Waals surface area contributed by atoms with Gasteiger partial charge in [0.15, 0.2) is 0 Å². The first-order valence-corrected chi connectivity index (χ1v) is 10.1. The zero-order valence-electron chi connectivity index (χ0n) is 17.2. The number of hydrogen-bond acceptors (Lipinski definition) is 3. The first-order chi connectivity index (χ1) is 13.2. The van der Waals surface area contributed by atoms with Gasteiger partial charge in [-0.1, -0.05) is 24.6 Å². The largest absolute Gasteiger partial charge is 0.364 e. The Morgan fingerprint density at radius 1 is 1.25 bits per heavy atom. The Bertz CT molecular complexity index is 887. The molecular weight excluding hydrogens is 370 g/mol. The van der Waals surface area contributed by atoms with Gasteiger partial charge in [-0.25, -0.2) is 5.43 Å². The Morgan fingerprint density at radius 3 is 2.57 bits per heavy atom. The first-order valence-electron chi connectivity index (χ1n) is 9.71. The molecule has 1 N–H and O–H groups in total. The van der Waals surface area contributed by atoms with Crippen LogP contribution in [0.4, 0.5) is 5.69 Å². The average Bonchev–Trinajstić information content (AvgIpc) is 2.61. The van der Waals surface area contributed by atoms with Crippen molar-refractivity contribution in [3.05, 3.63) is 64.2 Å². The van der Waals surface area contributed by atoms with Gasteiger partial charge in [0.1, 0.15) is 0 Å². The quantitative estimate of drug-likeness (QED) is 0.538. The van der Waals surface area contributed by atoms with Gasteiger partial charge < -0.3 is 4.90 Å². The molecule has 3 rings (SSSR count). The van der Waals surface area contributed by atoms with Crippen LogP contribution in [-0.2, 0) is 0 Å². The molecule has 2 aromatic carbocycles. The predicted octanol–water partition coefficient (Wildman–Crippen LogP) is 5.60. The van der Waals surface area contributed by atoms with Gasteiger partial charge in [-0.05, 0) is 87.6 Å². The number of anilines is 1. The van der Waals surface area contributed by atoms with Gasteiger partial charge in [0.2, 0.25) is 0 Å². The lowest BCUT2D eigenvalue weighted by Gasteiger charge is -2.50. The fraction of sp³-hybridized carbons (Fsp3) is 0.391. The summed E-state index contributed by atoms with van der Waals surface area (Å²) in [7, 11) is 0. The van der Waals surface area contributed by atoms with E-state index in [0.717, 1.165) is 12.0 Å². The van der Waals surface area contributed by atoms with Crippen molar-refractivity contribution in [2.75, 3.05) is 4.90 Å². The lowest BCUT2D eigenvalue weighted by Crippen LogP contribution is -2.51. The minimum atomic E-state index is -0.257. The minimum absolute atomic E-state index is 0.128. The van der Waals surface area contributed by atoms with Crippen molar-refractivity contribution in [3.63, 3.8) is 0 Å². The van der Waals surface area contributed by atoms with Crippen molar-refractivity contribution in [2.45, 2.75) is 58.5 Å². The van der Waals surface area contributed by atoms with Gasteiger partial charge in [-0.2, -0.15) is 5.10 Å². The number of fused-ring (bicyclic) bond motifs is 1. The van der Waals surface area contributed by atoms with Crippen molar-refractivity contribution in [1.29, 1.82) is 0 Å². The van der Waals surface area contributed by atoms with E-state index in [1.165, 1.54) is 11.3 Å². The van der Waals surface area contributed by atoms with Gasteiger partial charge in [0.25, 0.3) is 5.91 Å². The highest BCUT2D eigenvalue weighted by atomic mass is 35.5. The van der Waals surface area contributed by atoms with Crippen LogP contribution >= 0.6 is 11.6 Å². The van der Waals surface area contributed by atoms with E-state index >= 15 is 0 Å². The number of carbonyl (C=O) groups excluding carboxylic acids is 1. The van der Waals surface area contributed by atoms with Crippen molar-refractivity contribution in [3.8, 4) is 0 Å². The summed E-state index contributed by atoms with van der Waals surface area (Å²) >= 11 is 5.85. The highest BCUT2D eigenvalue weighted by molar-refractivity contribution is 6.30. The first kappa shape index (κ1) is 20.4. The number of rotatable bonds is 4. The maximum absolute atomic E-state index is 12.1. The zero-order chi connectivity index (χ0) is 20.5. The number of halogens is 1. The number of amides is 1. The van der Waals surface area contributed by atoms with E-state index in [9.17, 15) is 4.79 Å². The fourth-order valence-corrected chi connectivity index (χ4v) is 4.49. The summed E-state index contributed by atoms with van der Waals surface area (Å²) in [5, 5.41) is 4.72. The molecule has 4 nitrogen and oxygen atoms in total. The smallest absolute Gasteiger partial charge is 0.271 e. The Balaban J connectivity index is 1.78. The Labute approximate surface area is 172 Å². The van der Waals surface area contributed by atoms with Gasteiger partial charge >= 0.3 is 0 Å². The third-order valence-electron chi connectivity index (χ3n) is 5.30. The summed E-state index contributed by atoms with van der Waals surface area (Å²) in [6.07, 6.45) is 2.80. The maximum atomic E-state index is 12.1. The van der Waals surface area contributed by atoms with Crippen LogP contribution in [0.2, 0.25) is 5.02 Å². The highest BCUT2D eigenvalue weighted by Crippen LogP contribution is 2.44. The molecule has 1 aliphatic heterocycles. The SMILES string of the molecule is CC(C)N1c2ccc(/C=N\NC(=O)c3ccc(Cl)cc3)cc2[C@@H](C)CC1(C)C. The van der Waals surface area contributed by atoms with Crippen LogP contribution in [-0.4, -0.2) is 23.7 Å². The summed E-state index contributed by atoms with van der Waals surface area (Å²) in [5.74, 6) is 0.212. The van der Waals surface area contributed by atoms with Gasteiger partial charge in [-0.15, -0.1) is 0 Å². The normalized spacial score (nSPS) is 18.4. The number of carbonyl (C=O) groups is 1. The average molecular weight is 398 g/mol. The minimum Gasteiger partial charge on any atom is -0.364 e. The molecule has 0 saturated carbocycles. The molecule has 1 atom stereocenters. The molecule has 0 saturated heterocycles. The van der Waals surface area contributed by atoms with Gasteiger partial charge in [-0.3, -0.25) is 4.79 Å². The third-order valence-corrected chi connectivity index (χ3v) is 5.55. The zero-order valence-corrected chi connectivity index (χ0v) is 17.9. The topological polar surface area (TPSA) is 44.7 Å². The number of hydrazone groups is 1. The molecular formula is C23H28ClN3O. The molecule has 0 bridgehead atoms. The fourth-order valence-electron chi connectivity index (χ4n) is 4.36. The number of hydrogen-bond donors (Lipinski definition) is 1. The van der Waals surface area contributed by atoms with E-state index in [1.54, 1.807) is 30.5 Å². The Kier molecular flexibility index (Phi) is 5.80. The lowest BCUT2D eigenvalue weighted by atomic mass is 9.79. The monoisotopic (exact) mass is 397 g/mol. The molecule has 0 aromatic heterocycles. The molecule has 0 spiro atoms. The summed E-state index contributed by atoms with van der Waals surface area (Å²) in [6, 6.07) is 13.6. The van der Waals surface area contributed by atoms with Crippen molar-refractivity contribution in [2.24, 2.45) is 5.10 Å². The predicted molar refractivity (Wildman–Crippen MR) is 118 cm³/mol.